The van der Waals surface area contributed by atoms with Gasteiger partial charge in [0.1, 0.15) is 5.82 Å². The second kappa shape index (κ2) is 7.73. The molecule has 1 aromatic carbocycles. The highest BCUT2D eigenvalue weighted by Crippen LogP contribution is 2.49. The molecule has 0 N–H and O–H groups in total. The van der Waals surface area contributed by atoms with Crippen molar-refractivity contribution in [1.82, 2.24) is 4.90 Å². The molecule has 0 aliphatic heterocycles. The third-order valence-corrected chi connectivity index (χ3v) is 4.61. The summed E-state index contributed by atoms with van der Waals surface area (Å²) in [5.74, 6) is -0.0877. The largest absolute Gasteiger partial charge is 0.383 e. The van der Waals surface area contributed by atoms with Gasteiger partial charge in [0.15, 0.2) is 0 Å². The van der Waals surface area contributed by atoms with E-state index in [-0.39, 0.29) is 29.6 Å². The summed E-state index contributed by atoms with van der Waals surface area (Å²) in [6, 6.07) is 7.03. The van der Waals surface area contributed by atoms with Gasteiger partial charge in [-0.25, -0.2) is 4.39 Å². The average molecular weight is 307 g/mol. The summed E-state index contributed by atoms with van der Waals surface area (Å²) in [6.45, 7) is 5.35. The molecule has 1 fully saturated rings. The van der Waals surface area contributed by atoms with Crippen LogP contribution in [0.5, 0.6) is 0 Å². The van der Waals surface area contributed by atoms with Gasteiger partial charge in [0.25, 0.3) is 0 Å². The van der Waals surface area contributed by atoms with Crippen LogP contribution in [-0.2, 0) is 9.53 Å². The van der Waals surface area contributed by atoms with Crippen LogP contribution in [0.25, 0.3) is 0 Å². The van der Waals surface area contributed by atoms with Crippen molar-refractivity contribution in [3.05, 3.63) is 35.6 Å². The molecule has 1 saturated carbocycles. The van der Waals surface area contributed by atoms with Gasteiger partial charge in [0, 0.05) is 25.6 Å². The van der Waals surface area contributed by atoms with Gasteiger partial charge in [0.05, 0.1) is 6.61 Å². The highest BCUT2D eigenvalue weighted by atomic mass is 19.1. The summed E-state index contributed by atoms with van der Waals surface area (Å²) in [5.41, 5.74) is 0.678. The van der Waals surface area contributed by atoms with E-state index in [9.17, 15) is 9.18 Å². The Balaban J connectivity index is 2.07. The van der Waals surface area contributed by atoms with Gasteiger partial charge >= 0.3 is 0 Å². The first-order valence-corrected chi connectivity index (χ1v) is 8.17. The first-order valence-electron chi connectivity index (χ1n) is 8.17. The molecule has 4 heteroatoms. The van der Waals surface area contributed by atoms with Crippen molar-refractivity contribution in [2.24, 2.45) is 5.92 Å². The van der Waals surface area contributed by atoms with Crippen LogP contribution in [-0.4, -0.2) is 37.1 Å². The highest BCUT2D eigenvalue weighted by Gasteiger charge is 2.47. The lowest BCUT2D eigenvalue weighted by atomic mass is 10.1. The quantitative estimate of drug-likeness (QED) is 0.734. The molecule has 0 bridgehead atoms. The van der Waals surface area contributed by atoms with E-state index >= 15 is 0 Å². The molecular formula is C18H26FNO2. The highest BCUT2D eigenvalue weighted by molar-refractivity contribution is 5.83. The topological polar surface area (TPSA) is 29.5 Å². The number of carbonyl (C=O) groups excluding carboxylic acids is 1. The Labute approximate surface area is 132 Å². The predicted molar refractivity (Wildman–Crippen MR) is 85.2 cm³/mol. The van der Waals surface area contributed by atoms with E-state index in [2.05, 4.69) is 13.8 Å². The van der Waals surface area contributed by atoms with Crippen molar-refractivity contribution < 1.29 is 13.9 Å². The molecule has 2 atom stereocenters. The minimum absolute atomic E-state index is 0.0353. The zero-order valence-corrected chi connectivity index (χ0v) is 13.7. The normalized spacial score (nSPS) is 20.2. The van der Waals surface area contributed by atoms with Crippen molar-refractivity contribution in [3.8, 4) is 0 Å². The number of hydrogen-bond acceptors (Lipinski definition) is 2. The van der Waals surface area contributed by atoms with E-state index in [1.54, 1.807) is 19.2 Å². The summed E-state index contributed by atoms with van der Waals surface area (Å²) in [6.07, 6.45) is 2.62. The predicted octanol–water partition coefficient (Wildman–Crippen LogP) is 3.59. The van der Waals surface area contributed by atoms with Crippen LogP contribution in [0.1, 0.15) is 44.6 Å². The number of benzene rings is 1. The molecule has 1 aliphatic rings. The Hall–Kier alpha value is -1.42. The van der Waals surface area contributed by atoms with Crippen LogP contribution in [0.4, 0.5) is 4.39 Å². The van der Waals surface area contributed by atoms with Crippen LogP contribution in [0, 0.1) is 11.7 Å². The number of rotatable bonds is 8. The Morgan fingerprint density at radius 2 is 2.05 bits per heavy atom. The van der Waals surface area contributed by atoms with Crippen molar-refractivity contribution in [2.75, 3.05) is 20.3 Å². The minimum Gasteiger partial charge on any atom is -0.383 e. The standard InChI is InChI=1S/C18H26FNO2/c1-4-13(5-2)20(10-11-22-3)18(21)16-12-15(16)14-8-6-7-9-17(14)19/h6-9,13,15-16H,4-5,10-12H2,1-3H3. The van der Waals surface area contributed by atoms with Crippen LogP contribution in [0.3, 0.4) is 0 Å². The first kappa shape index (κ1) is 16.9. The van der Waals surface area contributed by atoms with E-state index < -0.39 is 0 Å². The van der Waals surface area contributed by atoms with Gasteiger partial charge < -0.3 is 9.64 Å². The van der Waals surface area contributed by atoms with Crippen LogP contribution in [0.2, 0.25) is 0 Å². The molecule has 0 spiro atoms. The lowest BCUT2D eigenvalue weighted by molar-refractivity contribution is -0.136. The lowest BCUT2D eigenvalue weighted by Crippen LogP contribution is -2.42. The minimum atomic E-state index is -0.200. The Kier molecular flexibility index (Phi) is 5.95. The smallest absolute Gasteiger partial charge is 0.226 e. The maximum atomic E-state index is 13.9. The van der Waals surface area contributed by atoms with E-state index in [0.717, 1.165) is 19.3 Å². The van der Waals surface area contributed by atoms with Crippen molar-refractivity contribution >= 4 is 5.91 Å². The fourth-order valence-electron chi connectivity index (χ4n) is 3.19. The third-order valence-electron chi connectivity index (χ3n) is 4.61. The number of halogens is 1. The molecule has 2 rings (SSSR count). The van der Waals surface area contributed by atoms with E-state index in [1.165, 1.54) is 6.07 Å². The molecule has 0 heterocycles. The zero-order valence-electron chi connectivity index (χ0n) is 13.7. The number of ether oxygens (including phenoxy) is 1. The number of carbonyl (C=O) groups is 1. The molecule has 1 aliphatic carbocycles. The number of methoxy groups -OCH3 is 1. The summed E-state index contributed by atoms with van der Waals surface area (Å²) in [4.78, 5) is 14.8. The fourth-order valence-corrected chi connectivity index (χ4v) is 3.19. The van der Waals surface area contributed by atoms with Gasteiger partial charge in [-0.2, -0.15) is 0 Å². The zero-order chi connectivity index (χ0) is 16.1. The van der Waals surface area contributed by atoms with Gasteiger partial charge in [-0.3, -0.25) is 4.79 Å². The third kappa shape index (κ3) is 3.67. The summed E-state index contributed by atoms with van der Waals surface area (Å²) >= 11 is 0. The maximum absolute atomic E-state index is 13.9. The molecule has 1 aromatic rings. The Morgan fingerprint density at radius 1 is 1.36 bits per heavy atom. The lowest BCUT2D eigenvalue weighted by Gasteiger charge is -2.30. The molecule has 0 saturated heterocycles. The van der Waals surface area contributed by atoms with E-state index in [4.69, 9.17) is 4.74 Å². The molecule has 0 radical (unpaired) electrons. The van der Waals surface area contributed by atoms with Gasteiger partial charge in [-0.05, 0) is 36.8 Å². The van der Waals surface area contributed by atoms with E-state index in [0.29, 0.717) is 18.7 Å². The monoisotopic (exact) mass is 307 g/mol. The van der Waals surface area contributed by atoms with Gasteiger partial charge in [-0.1, -0.05) is 32.0 Å². The second-order valence-electron chi connectivity index (χ2n) is 5.96. The van der Waals surface area contributed by atoms with Crippen molar-refractivity contribution in [2.45, 2.75) is 45.1 Å². The fraction of sp³-hybridized carbons (Fsp3) is 0.611. The summed E-state index contributed by atoms with van der Waals surface area (Å²) < 4.78 is 19.0. The van der Waals surface area contributed by atoms with Crippen molar-refractivity contribution in [1.29, 1.82) is 0 Å². The molecular weight excluding hydrogens is 281 g/mol. The Morgan fingerprint density at radius 3 is 2.64 bits per heavy atom. The number of amides is 1. The van der Waals surface area contributed by atoms with Crippen LogP contribution < -0.4 is 0 Å². The molecule has 22 heavy (non-hydrogen) atoms. The SMILES string of the molecule is CCC(CC)N(CCOC)C(=O)C1CC1c1ccccc1F. The molecule has 122 valence electrons. The molecule has 0 aromatic heterocycles. The molecule has 2 unspecified atom stereocenters. The summed E-state index contributed by atoms with van der Waals surface area (Å²) in [7, 11) is 1.65. The maximum Gasteiger partial charge on any atom is 0.226 e. The van der Waals surface area contributed by atoms with E-state index in [1.807, 2.05) is 11.0 Å². The molecule has 3 nitrogen and oxygen atoms in total. The average Bonchev–Trinajstić information content (AvgIpc) is 3.31. The first-order chi connectivity index (χ1) is 10.6. The molecule has 1 amide bonds. The van der Waals surface area contributed by atoms with Crippen molar-refractivity contribution in [3.63, 3.8) is 0 Å². The number of nitrogens with zero attached hydrogens (tertiary/aromatic N) is 1. The van der Waals surface area contributed by atoms with Gasteiger partial charge in [0.2, 0.25) is 5.91 Å². The number of hydrogen-bond donors (Lipinski definition) is 0. The van der Waals surface area contributed by atoms with Gasteiger partial charge in [-0.15, -0.1) is 0 Å². The Bertz CT molecular complexity index is 502. The second-order valence-corrected chi connectivity index (χ2v) is 5.96. The van der Waals surface area contributed by atoms with Crippen LogP contribution in [0.15, 0.2) is 24.3 Å². The summed E-state index contributed by atoms with van der Waals surface area (Å²) in [5, 5.41) is 0. The van der Waals surface area contributed by atoms with Crippen LogP contribution >= 0.6 is 0 Å².